The molecule has 16 heavy (non-hydrogen) atoms. The zero-order valence-electron chi connectivity index (χ0n) is 9.53. The second-order valence-corrected chi connectivity index (χ2v) is 4.78. The molecule has 0 spiro atoms. The molecule has 0 aromatic heterocycles. The van der Waals surface area contributed by atoms with Crippen molar-refractivity contribution in [3.63, 3.8) is 0 Å². The minimum absolute atomic E-state index is 0.148. The van der Waals surface area contributed by atoms with Gasteiger partial charge >= 0.3 is 0 Å². The van der Waals surface area contributed by atoms with Gasteiger partial charge in [-0.3, -0.25) is 4.79 Å². The van der Waals surface area contributed by atoms with Gasteiger partial charge in [-0.1, -0.05) is 6.07 Å². The van der Waals surface area contributed by atoms with E-state index in [4.69, 9.17) is 5.26 Å². The summed E-state index contributed by atoms with van der Waals surface area (Å²) in [5, 5.41) is 8.85. The molecule has 0 bridgehead atoms. The van der Waals surface area contributed by atoms with Gasteiger partial charge in [-0.05, 0) is 32.0 Å². The van der Waals surface area contributed by atoms with E-state index in [9.17, 15) is 4.79 Å². The third-order valence-corrected chi connectivity index (χ3v) is 2.98. The lowest BCUT2D eigenvalue weighted by atomic mass is 10.0. The summed E-state index contributed by atoms with van der Waals surface area (Å²) in [7, 11) is 0. The largest absolute Gasteiger partial charge is 0.359 e. The first-order valence-electron chi connectivity index (χ1n) is 5.32. The lowest BCUT2D eigenvalue weighted by molar-refractivity contribution is -0.116. The van der Waals surface area contributed by atoms with Gasteiger partial charge in [0.05, 0.1) is 18.2 Å². The zero-order valence-corrected chi connectivity index (χ0v) is 9.53. The van der Waals surface area contributed by atoms with Crippen molar-refractivity contribution in [1.29, 1.82) is 5.26 Å². The number of hydrogen-bond acceptors (Lipinski definition) is 3. The number of nitriles is 1. The van der Waals surface area contributed by atoms with Crippen molar-refractivity contribution in [3.8, 4) is 6.07 Å². The smallest absolute Gasteiger partial charge is 0.154 e. The molecule has 0 unspecified atom stereocenters. The summed E-state index contributed by atoms with van der Waals surface area (Å²) >= 11 is 0. The quantitative estimate of drug-likeness (QED) is 0.719. The predicted molar refractivity (Wildman–Crippen MR) is 62.2 cm³/mol. The molecule has 0 radical (unpaired) electrons. The topological polar surface area (TPSA) is 44.1 Å². The average molecular weight is 214 g/mol. The molecular weight excluding hydrogens is 200 g/mol. The van der Waals surface area contributed by atoms with Crippen LogP contribution in [0.5, 0.6) is 0 Å². The number of nitrogens with zero attached hydrogens (tertiary/aromatic N) is 2. The predicted octanol–water partition coefficient (Wildman–Crippen LogP) is 2.12. The Hall–Kier alpha value is -1.82. The summed E-state index contributed by atoms with van der Waals surface area (Å²) in [6.07, 6.45) is 0.573. The lowest BCUT2D eigenvalue weighted by Crippen LogP contribution is -2.38. The zero-order chi connectivity index (χ0) is 11.8. The van der Waals surface area contributed by atoms with Crippen LogP contribution >= 0.6 is 0 Å². The van der Waals surface area contributed by atoms with Gasteiger partial charge in [-0.15, -0.1) is 0 Å². The molecule has 2 rings (SSSR count). The fourth-order valence-electron chi connectivity index (χ4n) is 2.21. The highest BCUT2D eigenvalue weighted by Gasteiger charge is 2.37. The van der Waals surface area contributed by atoms with Crippen LogP contribution in [0.1, 0.15) is 25.8 Å². The normalized spacial score (nSPS) is 18.6. The summed E-state index contributed by atoms with van der Waals surface area (Å²) in [6.45, 7) is 4.55. The van der Waals surface area contributed by atoms with E-state index in [1.54, 1.807) is 6.07 Å². The van der Waals surface area contributed by atoms with E-state index >= 15 is 0 Å². The van der Waals surface area contributed by atoms with Crippen LogP contribution in [0.3, 0.4) is 0 Å². The number of carbonyl (C=O) groups is 1. The SMILES string of the molecule is CC1(C)CC(=O)CN1c1cccc(C#N)c1. The van der Waals surface area contributed by atoms with E-state index < -0.39 is 0 Å². The van der Waals surface area contributed by atoms with Gasteiger partial charge < -0.3 is 4.90 Å². The van der Waals surface area contributed by atoms with E-state index in [1.807, 2.05) is 18.2 Å². The maximum Gasteiger partial charge on any atom is 0.154 e. The van der Waals surface area contributed by atoms with E-state index in [2.05, 4.69) is 24.8 Å². The molecule has 0 atom stereocenters. The minimum Gasteiger partial charge on any atom is -0.359 e. The van der Waals surface area contributed by atoms with Crippen molar-refractivity contribution in [2.24, 2.45) is 0 Å². The van der Waals surface area contributed by atoms with Crippen LogP contribution in [0.4, 0.5) is 5.69 Å². The van der Waals surface area contributed by atoms with Gasteiger partial charge in [0.2, 0.25) is 0 Å². The molecule has 0 amide bonds. The summed E-state index contributed by atoms with van der Waals surface area (Å²) in [6, 6.07) is 9.52. The standard InChI is InChI=1S/C13H14N2O/c1-13(2)7-12(16)9-15(13)11-5-3-4-10(6-11)8-14/h3-6H,7,9H2,1-2H3. The Balaban J connectivity index is 2.38. The van der Waals surface area contributed by atoms with Crippen molar-refractivity contribution >= 4 is 11.5 Å². The fraction of sp³-hybridized carbons (Fsp3) is 0.385. The first-order chi connectivity index (χ1) is 7.53. The van der Waals surface area contributed by atoms with Crippen molar-refractivity contribution < 1.29 is 4.79 Å². The first kappa shape index (κ1) is 10.7. The Morgan fingerprint density at radius 3 is 2.75 bits per heavy atom. The summed E-state index contributed by atoms with van der Waals surface area (Å²) in [5.41, 5.74) is 1.44. The Morgan fingerprint density at radius 2 is 2.19 bits per heavy atom. The Bertz CT molecular complexity index is 471. The molecule has 1 aliphatic heterocycles. The number of anilines is 1. The second-order valence-electron chi connectivity index (χ2n) is 4.78. The molecule has 3 heteroatoms. The number of hydrogen-bond donors (Lipinski definition) is 0. The van der Waals surface area contributed by atoms with Gasteiger partial charge in [0.25, 0.3) is 0 Å². The van der Waals surface area contributed by atoms with Crippen molar-refractivity contribution in [2.45, 2.75) is 25.8 Å². The molecule has 1 heterocycles. The molecule has 1 aromatic rings. The van der Waals surface area contributed by atoms with Gasteiger partial charge in [-0.25, -0.2) is 0 Å². The molecule has 1 aliphatic rings. The average Bonchev–Trinajstić information content (AvgIpc) is 2.52. The van der Waals surface area contributed by atoms with Crippen LogP contribution in [-0.4, -0.2) is 17.9 Å². The third kappa shape index (κ3) is 1.79. The Morgan fingerprint density at radius 1 is 1.44 bits per heavy atom. The van der Waals surface area contributed by atoms with Crippen molar-refractivity contribution in [2.75, 3.05) is 11.4 Å². The number of carbonyl (C=O) groups excluding carboxylic acids is 1. The van der Waals surface area contributed by atoms with Crippen LogP contribution in [-0.2, 0) is 4.79 Å². The van der Waals surface area contributed by atoms with Crippen molar-refractivity contribution in [3.05, 3.63) is 29.8 Å². The van der Waals surface area contributed by atoms with Crippen LogP contribution in [0.25, 0.3) is 0 Å². The van der Waals surface area contributed by atoms with Gasteiger partial charge in [-0.2, -0.15) is 5.26 Å². The molecule has 1 saturated heterocycles. The van der Waals surface area contributed by atoms with Crippen LogP contribution < -0.4 is 4.90 Å². The van der Waals surface area contributed by atoms with E-state index in [1.165, 1.54) is 0 Å². The minimum atomic E-state index is -0.148. The number of Topliss-reactive ketones (excluding diaryl/α,β-unsaturated/α-hetero) is 1. The summed E-state index contributed by atoms with van der Waals surface area (Å²) < 4.78 is 0. The highest BCUT2D eigenvalue weighted by Crippen LogP contribution is 2.32. The number of rotatable bonds is 1. The number of benzene rings is 1. The maximum absolute atomic E-state index is 11.5. The summed E-state index contributed by atoms with van der Waals surface area (Å²) in [4.78, 5) is 13.6. The Labute approximate surface area is 95.3 Å². The van der Waals surface area contributed by atoms with E-state index in [-0.39, 0.29) is 11.3 Å². The highest BCUT2D eigenvalue weighted by molar-refractivity contribution is 5.89. The molecule has 1 aromatic carbocycles. The highest BCUT2D eigenvalue weighted by atomic mass is 16.1. The molecule has 3 nitrogen and oxygen atoms in total. The third-order valence-electron chi connectivity index (χ3n) is 2.98. The second kappa shape index (κ2) is 3.64. The Kier molecular flexibility index (Phi) is 2.43. The maximum atomic E-state index is 11.5. The monoisotopic (exact) mass is 214 g/mol. The van der Waals surface area contributed by atoms with Crippen LogP contribution in [0.2, 0.25) is 0 Å². The molecule has 0 saturated carbocycles. The van der Waals surface area contributed by atoms with Gasteiger partial charge in [0.1, 0.15) is 0 Å². The number of ketones is 1. The molecule has 82 valence electrons. The molecule has 0 N–H and O–H groups in total. The fourth-order valence-corrected chi connectivity index (χ4v) is 2.21. The molecular formula is C13H14N2O. The van der Waals surface area contributed by atoms with Crippen molar-refractivity contribution in [1.82, 2.24) is 0 Å². The first-order valence-corrected chi connectivity index (χ1v) is 5.32. The van der Waals surface area contributed by atoms with Gasteiger partial charge in [0.15, 0.2) is 5.78 Å². The molecule has 0 aliphatic carbocycles. The summed E-state index contributed by atoms with van der Waals surface area (Å²) in [5.74, 6) is 0.257. The van der Waals surface area contributed by atoms with Crippen LogP contribution in [0, 0.1) is 11.3 Å². The van der Waals surface area contributed by atoms with E-state index in [0.29, 0.717) is 18.5 Å². The van der Waals surface area contributed by atoms with E-state index in [0.717, 1.165) is 5.69 Å². The van der Waals surface area contributed by atoms with Gasteiger partial charge in [0, 0.05) is 17.6 Å². The molecule has 1 fully saturated rings. The van der Waals surface area contributed by atoms with Crippen LogP contribution in [0.15, 0.2) is 24.3 Å². The lowest BCUT2D eigenvalue weighted by Gasteiger charge is -2.32.